The van der Waals surface area contributed by atoms with E-state index in [0.29, 0.717) is 0 Å². The van der Waals surface area contributed by atoms with Crippen molar-refractivity contribution in [3.05, 3.63) is 18.3 Å². The Kier molecular flexibility index (Phi) is 3.84. The summed E-state index contributed by atoms with van der Waals surface area (Å²) in [4.78, 5) is 6.66. The fourth-order valence-corrected chi connectivity index (χ4v) is 2.28. The zero-order valence-electron chi connectivity index (χ0n) is 10.8. The van der Waals surface area contributed by atoms with Crippen LogP contribution >= 0.6 is 0 Å². The quantitative estimate of drug-likeness (QED) is 0.871. The van der Waals surface area contributed by atoms with Crippen LogP contribution in [-0.2, 0) is 4.74 Å². The van der Waals surface area contributed by atoms with Crippen LogP contribution < -0.4 is 10.2 Å². The van der Waals surface area contributed by atoms with Gasteiger partial charge in [0.05, 0.1) is 12.2 Å². The summed E-state index contributed by atoms with van der Waals surface area (Å²) in [6, 6.07) is 4.17. The molecule has 0 radical (unpaired) electrons. The van der Waals surface area contributed by atoms with Crippen LogP contribution in [0.25, 0.3) is 0 Å². The maximum Gasteiger partial charge on any atom is 0.127 e. The van der Waals surface area contributed by atoms with Crippen LogP contribution in [0.2, 0.25) is 0 Å². The largest absolute Gasteiger partial charge is 0.372 e. The van der Waals surface area contributed by atoms with Crippen LogP contribution in [-0.4, -0.2) is 36.8 Å². The molecule has 0 saturated carbocycles. The first kappa shape index (κ1) is 12.2. The van der Waals surface area contributed by atoms with Gasteiger partial charge in [-0.2, -0.15) is 0 Å². The van der Waals surface area contributed by atoms with Gasteiger partial charge in [-0.15, -0.1) is 0 Å². The van der Waals surface area contributed by atoms with Crippen LogP contribution in [0.15, 0.2) is 18.3 Å². The second-order valence-electron chi connectivity index (χ2n) is 4.59. The number of hydrogen-bond acceptors (Lipinski definition) is 4. The number of rotatable bonds is 3. The minimum atomic E-state index is 0.287. The van der Waals surface area contributed by atoms with Gasteiger partial charge in [0.15, 0.2) is 0 Å². The van der Waals surface area contributed by atoms with Crippen LogP contribution in [0.4, 0.5) is 11.5 Å². The van der Waals surface area contributed by atoms with Gasteiger partial charge in [-0.3, -0.25) is 0 Å². The normalized spacial score (nSPS) is 24.8. The predicted octanol–water partition coefficient (Wildman–Crippen LogP) is 2.13. The van der Waals surface area contributed by atoms with Gasteiger partial charge in [0.2, 0.25) is 0 Å². The van der Waals surface area contributed by atoms with Crippen LogP contribution in [0.1, 0.15) is 20.8 Å². The molecular formula is C13H21N3O. The van der Waals surface area contributed by atoms with E-state index in [1.54, 1.807) is 0 Å². The molecule has 2 unspecified atom stereocenters. The Hall–Kier alpha value is -1.29. The first-order valence-corrected chi connectivity index (χ1v) is 6.29. The lowest BCUT2D eigenvalue weighted by Crippen LogP contribution is -2.45. The summed E-state index contributed by atoms with van der Waals surface area (Å²) in [5.41, 5.74) is 1.22. The second-order valence-corrected chi connectivity index (χ2v) is 4.59. The zero-order chi connectivity index (χ0) is 12.3. The third kappa shape index (κ3) is 3.09. The standard InChI is InChI=1S/C13H21N3O/c1-4-14-13-7-12(5-6-15-13)16-8-10(2)17-11(3)9-16/h5-7,10-11H,4,8-9H2,1-3H3,(H,14,15). The topological polar surface area (TPSA) is 37.4 Å². The number of anilines is 2. The van der Waals surface area contributed by atoms with Gasteiger partial charge in [-0.25, -0.2) is 4.98 Å². The van der Waals surface area contributed by atoms with E-state index in [1.165, 1.54) is 5.69 Å². The molecule has 94 valence electrons. The molecule has 1 aromatic heterocycles. The highest BCUT2D eigenvalue weighted by atomic mass is 16.5. The van der Waals surface area contributed by atoms with Crippen molar-refractivity contribution in [3.8, 4) is 0 Å². The zero-order valence-corrected chi connectivity index (χ0v) is 10.8. The van der Waals surface area contributed by atoms with Gasteiger partial charge < -0.3 is 15.0 Å². The van der Waals surface area contributed by atoms with Crippen LogP contribution in [0.3, 0.4) is 0 Å². The molecule has 0 aromatic carbocycles. The average molecular weight is 235 g/mol. The van der Waals surface area contributed by atoms with Crippen molar-refractivity contribution in [2.24, 2.45) is 0 Å². The Morgan fingerprint density at radius 3 is 2.76 bits per heavy atom. The van der Waals surface area contributed by atoms with Crippen molar-refractivity contribution in [1.82, 2.24) is 4.98 Å². The number of morpholine rings is 1. The molecule has 2 heterocycles. The van der Waals surface area contributed by atoms with Gasteiger partial charge in [0, 0.05) is 37.6 Å². The SMILES string of the molecule is CCNc1cc(N2CC(C)OC(C)C2)ccn1. The van der Waals surface area contributed by atoms with Crippen molar-refractivity contribution in [2.45, 2.75) is 33.0 Å². The summed E-state index contributed by atoms with van der Waals surface area (Å²) >= 11 is 0. The van der Waals surface area contributed by atoms with Crippen molar-refractivity contribution in [1.29, 1.82) is 0 Å². The molecule has 1 aliphatic rings. The molecule has 1 N–H and O–H groups in total. The summed E-state index contributed by atoms with van der Waals surface area (Å²) in [6.45, 7) is 9.10. The fraction of sp³-hybridized carbons (Fsp3) is 0.615. The predicted molar refractivity (Wildman–Crippen MR) is 70.6 cm³/mol. The molecule has 0 amide bonds. The third-order valence-corrected chi connectivity index (χ3v) is 2.89. The molecule has 0 bridgehead atoms. The van der Waals surface area contributed by atoms with E-state index in [2.05, 4.69) is 48.1 Å². The van der Waals surface area contributed by atoms with Crippen molar-refractivity contribution >= 4 is 11.5 Å². The molecule has 0 spiro atoms. The summed E-state index contributed by atoms with van der Waals surface area (Å²) < 4.78 is 5.74. The lowest BCUT2D eigenvalue weighted by Gasteiger charge is -2.36. The molecular weight excluding hydrogens is 214 g/mol. The van der Waals surface area contributed by atoms with Crippen LogP contribution in [0, 0.1) is 0 Å². The van der Waals surface area contributed by atoms with Gasteiger partial charge in [0.1, 0.15) is 5.82 Å². The van der Waals surface area contributed by atoms with Gasteiger partial charge in [-0.05, 0) is 26.8 Å². The highest BCUT2D eigenvalue weighted by Gasteiger charge is 2.22. The highest BCUT2D eigenvalue weighted by molar-refractivity contribution is 5.54. The van der Waals surface area contributed by atoms with E-state index in [1.807, 2.05) is 6.20 Å². The van der Waals surface area contributed by atoms with E-state index >= 15 is 0 Å². The third-order valence-electron chi connectivity index (χ3n) is 2.89. The Balaban J connectivity index is 2.12. The van der Waals surface area contributed by atoms with Crippen molar-refractivity contribution < 1.29 is 4.74 Å². The number of ether oxygens (including phenoxy) is 1. The van der Waals surface area contributed by atoms with Crippen molar-refractivity contribution in [3.63, 3.8) is 0 Å². The summed E-state index contributed by atoms with van der Waals surface area (Å²) in [6.07, 6.45) is 2.43. The number of hydrogen-bond donors (Lipinski definition) is 1. The first-order valence-electron chi connectivity index (χ1n) is 6.29. The second kappa shape index (κ2) is 5.36. The fourth-order valence-electron chi connectivity index (χ4n) is 2.28. The number of aromatic nitrogens is 1. The van der Waals surface area contributed by atoms with E-state index in [-0.39, 0.29) is 12.2 Å². The maximum absolute atomic E-state index is 5.74. The Bertz CT molecular complexity index is 359. The lowest BCUT2D eigenvalue weighted by atomic mass is 10.2. The van der Waals surface area contributed by atoms with Gasteiger partial charge in [-0.1, -0.05) is 0 Å². The van der Waals surface area contributed by atoms with Gasteiger partial charge in [0.25, 0.3) is 0 Å². The number of pyridine rings is 1. The minimum Gasteiger partial charge on any atom is -0.372 e. The first-order chi connectivity index (χ1) is 8.19. The van der Waals surface area contributed by atoms with E-state index < -0.39 is 0 Å². The molecule has 2 atom stereocenters. The molecule has 4 heteroatoms. The Labute approximate surface area is 103 Å². The molecule has 4 nitrogen and oxygen atoms in total. The summed E-state index contributed by atoms with van der Waals surface area (Å²) in [7, 11) is 0. The molecule has 1 fully saturated rings. The van der Waals surface area contributed by atoms with E-state index in [4.69, 9.17) is 4.74 Å². The maximum atomic E-state index is 5.74. The lowest BCUT2D eigenvalue weighted by molar-refractivity contribution is -0.00521. The Morgan fingerprint density at radius 1 is 1.41 bits per heavy atom. The number of nitrogens with zero attached hydrogens (tertiary/aromatic N) is 2. The molecule has 1 saturated heterocycles. The molecule has 2 rings (SSSR count). The molecule has 0 aliphatic carbocycles. The Morgan fingerprint density at radius 2 is 2.12 bits per heavy atom. The molecule has 1 aromatic rings. The summed E-state index contributed by atoms with van der Waals surface area (Å²) in [5, 5.41) is 3.24. The van der Waals surface area contributed by atoms with Gasteiger partial charge >= 0.3 is 0 Å². The smallest absolute Gasteiger partial charge is 0.127 e. The molecule has 17 heavy (non-hydrogen) atoms. The average Bonchev–Trinajstić information content (AvgIpc) is 2.28. The van der Waals surface area contributed by atoms with Crippen LogP contribution in [0.5, 0.6) is 0 Å². The van der Waals surface area contributed by atoms with E-state index in [0.717, 1.165) is 25.5 Å². The molecule has 1 aliphatic heterocycles. The van der Waals surface area contributed by atoms with Crippen molar-refractivity contribution in [2.75, 3.05) is 29.9 Å². The number of nitrogens with one attached hydrogen (secondary N) is 1. The monoisotopic (exact) mass is 235 g/mol. The highest BCUT2D eigenvalue weighted by Crippen LogP contribution is 2.21. The minimum absolute atomic E-state index is 0.287. The summed E-state index contributed by atoms with van der Waals surface area (Å²) in [5.74, 6) is 0.941. The van der Waals surface area contributed by atoms with E-state index in [9.17, 15) is 0 Å².